The molecule has 0 aliphatic carbocycles. The molecule has 1 aromatic heterocycles. The number of carbonyl (C=O) groups is 2. The first-order chi connectivity index (χ1) is 8.22. The zero-order valence-electron chi connectivity index (χ0n) is 10.7. The number of hydrogen-bond donors (Lipinski definition) is 3. The Balaban J connectivity index is 2.80. The van der Waals surface area contributed by atoms with Crippen LogP contribution in [-0.2, 0) is 15.1 Å². The number of carboxylic acids is 1. The van der Waals surface area contributed by atoms with Crippen molar-refractivity contribution in [3.63, 3.8) is 0 Å². The van der Waals surface area contributed by atoms with E-state index in [0.717, 1.165) is 0 Å². The Kier molecular flexibility index (Phi) is 4.07. The van der Waals surface area contributed by atoms with Gasteiger partial charge in [0.15, 0.2) is 5.82 Å². The number of nitrogens with two attached hydrogens (primary N) is 1. The fourth-order valence-corrected chi connectivity index (χ4v) is 1.42. The molecule has 0 saturated carbocycles. The first kappa shape index (κ1) is 14.2. The minimum absolute atomic E-state index is 0.0377. The van der Waals surface area contributed by atoms with Crippen LogP contribution in [0.25, 0.3) is 0 Å². The molecule has 4 N–H and O–H groups in total. The maximum Gasteiger partial charge on any atom is 0.305 e. The third-order valence-electron chi connectivity index (χ3n) is 2.53. The first-order valence-corrected chi connectivity index (χ1v) is 5.55. The van der Waals surface area contributed by atoms with E-state index in [1.807, 2.05) is 0 Å². The lowest BCUT2D eigenvalue weighted by Gasteiger charge is -2.24. The summed E-state index contributed by atoms with van der Waals surface area (Å²) in [6, 6.07) is -0.623. The van der Waals surface area contributed by atoms with Gasteiger partial charge in [-0.1, -0.05) is 0 Å². The van der Waals surface area contributed by atoms with E-state index in [0.29, 0.717) is 5.82 Å². The Hall–Kier alpha value is -1.89. The van der Waals surface area contributed by atoms with E-state index >= 15 is 0 Å². The lowest BCUT2D eigenvalue weighted by atomic mass is 10.0. The summed E-state index contributed by atoms with van der Waals surface area (Å²) in [5, 5.41) is 11.4. The average molecular weight is 254 g/mol. The summed E-state index contributed by atoms with van der Waals surface area (Å²) in [5.41, 5.74) is 4.80. The van der Waals surface area contributed by atoms with Crippen LogP contribution in [0.3, 0.4) is 0 Å². The van der Waals surface area contributed by atoms with Crippen LogP contribution in [0.15, 0.2) is 12.5 Å². The standard InChI is InChI=1S/C11H18N4O3/c1-7(12)10(18)14-8-5-15(6-13-8)11(2,3)4-9(16)17/h5-7H,4,12H2,1-3H3,(H,14,18)(H,16,17). The molecule has 0 fully saturated rings. The summed E-state index contributed by atoms with van der Waals surface area (Å²) in [4.78, 5) is 26.1. The third-order valence-corrected chi connectivity index (χ3v) is 2.53. The predicted octanol–water partition coefficient (Wildman–Crippen LogP) is 0.379. The summed E-state index contributed by atoms with van der Waals surface area (Å²) >= 11 is 0. The molecule has 1 heterocycles. The number of carbonyl (C=O) groups excluding carboxylic acids is 1. The number of rotatable bonds is 5. The smallest absolute Gasteiger partial charge is 0.305 e. The van der Waals surface area contributed by atoms with Crippen molar-refractivity contribution in [2.24, 2.45) is 5.73 Å². The summed E-state index contributed by atoms with van der Waals surface area (Å²) in [6.07, 6.45) is 3.03. The van der Waals surface area contributed by atoms with Gasteiger partial charge >= 0.3 is 5.97 Å². The van der Waals surface area contributed by atoms with Crippen LogP contribution in [-0.4, -0.2) is 32.6 Å². The van der Waals surface area contributed by atoms with Crippen molar-refractivity contribution in [1.29, 1.82) is 0 Å². The maximum atomic E-state index is 11.4. The number of amides is 1. The molecule has 1 rings (SSSR count). The number of nitrogens with zero attached hydrogens (tertiary/aromatic N) is 2. The highest BCUT2D eigenvalue weighted by atomic mass is 16.4. The third kappa shape index (κ3) is 3.56. The first-order valence-electron chi connectivity index (χ1n) is 5.55. The molecule has 0 aromatic carbocycles. The van der Waals surface area contributed by atoms with Crippen LogP contribution in [0.5, 0.6) is 0 Å². The van der Waals surface area contributed by atoms with E-state index in [1.54, 1.807) is 31.5 Å². The fourth-order valence-electron chi connectivity index (χ4n) is 1.42. The van der Waals surface area contributed by atoms with E-state index in [-0.39, 0.29) is 12.3 Å². The van der Waals surface area contributed by atoms with Crippen LogP contribution in [0.2, 0.25) is 0 Å². The Labute approximate surface area is 105 Å². The minimum Gasteiger partial charge on any atom is -0.481 e. The molecule has 0 aliphatic heterocycles. The number of anilines is 1. The Morgan fingerprint density at radius 2 is 2.22 bits per heavy atom. The summed E-state index contributed by atoms with van der Waals surface area (Å²) < 4.78 is 1.65. The van der Waals surface area contributed by atoms with Crippen molar-refractivity contribution in [1.82, 2.24) is 9.55 Å². The number of nitrogens with one attached hydrogen (secondary N) is 1. The highest BCUT2D eigenvalue weighted by Crippen LogP contribution is 2.21. The molecular formula is C11H18N4O3. The van der Waals surface area contributed by atoms with Crippen molar-refractivity contribution in [2.75, 3.05) is 5.32 Å². The van der Waals surface area contributed by atoms with Crippen molar-refractivity contribution in [2.45, 2.75) is 38.8 Å². The molecular weight excluding hydrogens is 236 g/mol. The highest BCUT2D eigenvalue weighted by Gasteiger charge is 2.24. The highest BCUT2D eigenvalue weighted by molar-refractivity contribution is 5.93. The molecule has 0 bridgehead atoms. The predicted molar refractivity (Wildman–Crippen MR) is 66.1 cm³/mol. The largest absolute Gasteiger partial charge is 0.481 e. The second-order valence-electron chi connectivity index (χ2n) is 4.83. The molecule has 100 valence electrons. The topological polar surface area (TPSA) is 110 Å². The van der Waals surface area contributed by atoms with Gasteiger partial charge in [0.2, 0.25) is 5.91 Å². The second kappa shape index (κ2) is 5.18. The van der Waals surface area contributed by atoms with E-state index in [1.165, 1.54) is 6.33 Å². The fraction of sp³-hybridized carbons (Fsp3) is 0.545. The average Bonchev–Trinajstić information content (AvgIpc) is 2.64. The molecule has 0 radical (unpaired) electrons. The Bertz CT molecular complexity index is 451. The van der Waals surface area contributed by atoms with Crippen LogP contribution in [0.4, 0.5) is 5.82 Å². The van der Waals surface area contributed by atoms with Crippen LogP contribution < -0.4 is 11.1 Å². The lowest BCUT2D eigenvalue weighted by molar-refractivity contribution is -0.139. The molecule has 0 spiro atoms. The summed E-state index contributed by atoms with van der Waals surface area (Å²) in [5.74, 6) is -0.873. The van der Waals surface area contributed by atoms with Gasteiger partial charge in [-0.05, 0) is 20.8 Å². The number of aliphatic carboxylic acids is 1. The Morgan fingerprint density at radius 1 is 1.61 bits per heavy atom. The van der Waals surface area contributed by atoms with Gasteiger partial charge < -0.3 is 20.7 Å². The summed E-state index contributed by atoms with van der Waals surface area (Å²) in [6.45, 7) is 5.13. The van der Waals surface area contributed by atoms with Crippen molar-refractivity contribution in [3.8, 4) is 0 Å². The van der Waals surface area contributed by atoms with Crippen molar-refractivity contribution >= 4 is 17.7 Å². The van der Waals surface area contributed by atoms with Crippen molar-refractivity contribution < 1.29 is 14.7 Å². The van der Waals surface area contributed by atoms with Gasteiger partial charge in [-0.15, -0.1) is 0 Å². The van der Waals surface area contributed by atoms with Gasteiger partial charge in [-0.3, -0.25) is 9.59 Å². The van der Waals surface area contributed by atoms with E-state index in [4.69, 9.17) is 10.8 Å². The SMILES string of the molecule is CC(N)C(=O)Nc1cn(C(C)(C)CC(=O)O)cn1. The molecule has 1 aromatic rings. The van der Waals surface area contributed by atoms with Gasteiger partial charge in [0.1, 0.15) is 0 Å². The zero-order chi connectivity index (χ0) is 13.9. The zero-order valence-corrected chi connectivity index (χ0v) is 10.7. The quantitative estimate of drug-likeness (QED) is 0.703. The Morgan fingerprint density at radius 3 is 2.72 bits per heavy atom. The van der Waals surface area contributed by atoms with Gasteiger partial charge in [-0.25, -0.2) is 4.98 Å². The molecule has 1 unspecified atom stereocenters. The van der Waals surface area contributed by atoms with E-state index in [2.05, 4.69) is 10.3 Å². The van der Waals surface area contributed by atoms with Gasteiger partial charge in [0.25, 0.3) is 0 Å². The van der Waals surface area contributed by atoms with E-state index < -0.39 is 17.6 Å². The monoisotopic (exact) mass is 254 g/mol. The normalized spacial score (nSPS) is 13.1. The van der Waals surface area contributed by atoms with Crippen molar-refractivity contribution in [3.05, 3.63) is 12.5 Å². The van der Waals surface area contributed by atoms with Gasteiger partial charge in [0.05, 0.1) is 24.3 Å². The summed E-state index contributed by atoms with van der Waals surface area (Å²) in [7, 11) is 0. The molecule has 1 amide bonds. The van der Waals surface area contributed by atoms with Gasteiger partial charge in [-0.2, -0.15) is 0 Å². The molecule has 0 aliphatic rings. The number of imidazole rings is 1. The van der Waals surface area contributed by atoms with Crippen LogP contribution >= 0.6 is 0 Å². The minimum atomic E-state index is -0.894. The molecule has 0 saturated heterocycles. The second-order valence-corrected chi connectivity index (χ2v) is 4.83. The molecule has 7 nitrogen and oxygen atoms in total. The molecule has 7 heteroatoms. The number of aromatic nitrogens is 2. The van der Waals surface area contributed by atoms with Gasteiger partial charge in [0, 0.05) is 6.20 Å². The van der Waals surface area contributed by atoms with E-state index in [9.17, 15) is 9.59 Å². The molecule has 18 heavy (non-hydrogen) atoms. The van der Waals surface area contributed by atoms with Crippen LogP contribution in [0, 0.1) is 0 Å². The lowest BCUT2D eigenvalue weighted by Crippen LogP contribution is -2.32. The molecule has 1 atom stereocenters. The number of hydrogen-bond acceptors (Lipinski definition) is 4. The van der Waals surface area contributed by atoms with Crippen LogP contribution in [0.1, 0.15) is 27.2 Å². The maximum absolute atomic E-state index is 11.4. The number of carboxylic acid groups (broad SMARTS) is 1.